The minimum atomic E-state index is -0.157. The second kappa shape index (κ2) is 4.29. The summed E-state index contributed by atoms with van der Waals surface area (Å²) >= 11 is 0. The maximum atomic E-state index is 11.8. The summed E-state index contributed by atoms with van der Waals surface area (Å²) in [4.78, 5) is 15.9. The molecule has 0 radical (unpaired) electrons. The standard InChI is InChI=1S/C14H14N2O2/c17-13(12-4-2-8-18-12)16-10-14(5-6-14)11-3-1-7-15-9-11/h1-4,7-9H,5-6,10H2,(H,16,17). The van der Waals surface area contributed by atoms with E-state index in [1.165, 1.54) is 11.8 Å². The summed E-state index contributed by atoms with van der Waals surface area (Å²) in [5.41, 5.74) is 1.28. The molecular formula is C14H14N2O2. The molecule has 4 nitrogen and oxygen atoms in total. The molecule has 0 unspecified atom stereocenters. The van der Waals surface area contributed by atoms with Gasteiger partial charge in [0.15, 0.2) is 5.76 Å². The highest BCUT2D eigenvalue weighted by Gasteiger charge is 2.44. The number of hydrogen-bond donors (Lipinski definition) is 1. The van der Waals surface area contributed by atoms with Crippen molar-refractivity contribution in [2.45, 2.75) is 18.3 Å². The Morgan fingerprint density at radius 2 is 2.28 bits per heavy atom. The fourth-order valence-electron chi connectivity index (χ4n) is 2.14. The van der Waals surface area contributed by atoms with Gasteiger partial charge in [0.05, 0.1) is 6.26 Å². The molecule has 2 heterocycles. The van der Waals surface area contributed by atoms with Gasteiger partial charge in [-0.2, -0.15) is 0 Å². The smallest absolute Gasteiger partial charge is 0.287 e. The summed E-state index contributed by atoms with van der Waals surface area (Å²) < 4.78 is 5.06. The lowest BCUT2D eigenvalue weighted by atomic mass is 9.98. The van der Waals surface area contributed by atoms with E-state index >= 15 is 0 Å². The number of amides is 1. The van der Waals surface area contributed by atoms with Gasteiger partial charge in [0.1, 0.15) is 0 Å². The third kappa shape index (κ3) is 2.01. The number of pyridine rings is 1. The van der Waals surface area contributed by atoms with Crippen molar-refractivity contribution in [2.75, 3.05) is 6.54 Å². The summed E-state index contributed by atoms with van der Waals surface area (Å²) in [6.07, 6.45) is 7.34. The first-order valence-corrected chi connectivity index (χ1v) is 6.02. The van der Waals surface area contributed by atoms with Crippen LogP contribution in [0.15, 0.2) is 47.3 Å². The number of nitrogens with zero attached hydrogens (tertiary/aromatic N) is 1. The van der Waals surface area contributed by atoms with Crippen LogP contribution < -0.4 is 5.32 Å². The Kier molecular flexibility index (Phi) is 2.63. The molecule has 1 amide bonds. The topological polar surface area (TPSA) is 55.1 Å². The van der Waals surface area contributed by atoms with Gasteiger partial charge in [0.25, 0.3) is 5.91 Å². The van der Waals surface area contributed by atoms with Gasteiger partial charge in [-0.25, -0.2) is 0 Å². The Hall–Kier alpha value is -2.10. The number of furan rings is 1. The molecule has 92 valence electrons. The van der Waals surface area contributed by atoms with Crippen LogP contribution in [0.3, 0.4) is 0 Å². The van der Waals surface area contributed by atoms with Gasteiger partial charge in [0, 0.05) is 24.4 Å². The van der Waals surface area contributed by atoms with Crippen LogP contribution in [0.1, 0.15) is 29.0 Å². The lowest BCUT2D eigenvalue weighted by molar-refractivity contribution is 0.0922. The highest BCUT2D eigenvalue weighted by molar-refractivity contribution is 5.91. The number of aromatic nitrogens is 1. The largest absolute Gasteiger partial charge is 0.459 e. The molecule has 4 heteroatoms. The van der Waals surface area contributed by atoms with Crippen molar-refractivity contribution in [1.82, 2.24) is 10.3 Å². The first-order chi connectivity index (χ1) is 8.80. The van der Waals surface area contributed by atoms with Crippen LogP contribution in [0.5, 0.6) is 0 Å². The second-order valence-corrected chi connectivity index (χ2v) is 4.68. The van der Waals surface area contributed by atoms with E-state index < -0.39 is 0 Å². The number of hydrogen-bond acceptors (Lipinski definition) is 3. The maximum Gasteiger partial charge on any atom is 0.287 e. The van der Waals surface area contributed by atoms with Gasteiger partial charge in [-0.1, -0.05) is 6.07 Å². The van der Waals surface area contributed by atoms with Gasteiger partial charge in [-0.3, -0.25) is 9.78 Å². The van der Waals surface area contributed by atoms with Crippen molar-refractivity contribution in [3.63, 3.8) is 0 Å². The monoisotopic (exact) mass is 242 g/mol. The highest BCUT2D eigenvalue weighted by atomic mass is 16.3. The van der Waals surface area contributed by atoms with Gasteiger partial charge < -0.3 is 9.73 Å². The second-order valence-electron chi connectivity index (χ2n) is 4.68. The van der Waals surface area contributed by atoms with Gasteiger partial charge >= 0.3 is 0 Å². The quantitative estimate of drug-likeness (QED) is 0.893. The van der Waals surface area contributed by atoms with Gasteiger partial charge in [0.2, 0.25) is 0 Å². The van der Waals surface area contributed by atoms with Crippen LogP contribution in [0.4, 0.5) is 0 Å². The molecule has 0 saturated heterocycles. The average Bonchev–Trinajstić information content (AvgIpc) is 3.01. The molecule has 2 aromatic rings. The van der Waals surface area contributed by atoms with Crippen LogP contribution in [-0.2, 0) is 5.41 Å². The molecule has 1 N–H and O–H groups in total. The molecule has 18 heavy (non-hydrogen) atoms. The number of carbonyl (C=O) groups excluding carboxylic acids is 1. The molecule has 1 saturated carbocycles. The van der Waals surface area contributed by atoms with Crippen molar-refractivity contribution in [2.24, 2.45) is 0 Å². The predicted octanol–water partition coefficient (Wildman–Crippen LogP) is 2.14. The highest BCUT2D eigenvalue weighted by Crippen LogP contribution is 2.47. The molecular weight excluding hydrogens is 228 g/mol. The Balaban J connectivity index is 1.66. The average molecular weight is 242 g/mol. The van der Waals surface area contributed by atoms with Crippen LogP contribution in [0, 0.1) is 0 Å². The van der Waals surface area contributed by atoms with E-state index in [0.29, 0.717) is 12.3 Å². The van der Waals surface area contributed by atoms with E-state index in [9.17, 15) is 4.79 Å². The van der Waals surface area contributed by atoms with Crippen molar-refractivity contribution in [3.8, 4) is 0 Å². The minimum absolute atomic E-state index is 0.0799. The minimum Gasteiger partial charge on any atom is -0.459 e. The Labute approximate surface area is 105 Å². The predicted molar refractivity (Wildman–Crippen MR) is 66.2 cm³/mol. The van der Waals surface area contributed by atoms with Crippen molar-refractivity contribution in [3.05, 3.63) is 54.2 Å². The van der Waals surface area contributed by atoms with Crippen molar-refractivity contribution < 1.29 is 9.21 Å². The summed E-state index contributed by atoms with van der Waals surface area (Å²) in [5, 5.41) is 2.93. The summed E-state index contributed by atoms with van der Waals surface area (Å²) in [5.74, 6) is 0.201. The molecule has 0 spiro atoms. The van der Waals surface area contributed by atoms with Crippen molar-refractivity contribution in [1.29, 1.82) is 0 Å². The van der Waals surface area contributed by atoms with Crippen LogP contribution in [-0.4, -0.2) is 17.4 Å². The molecule has 1 fully saturated rings. The lowest BCUT2D eigenvalue weighted by Crippen LogP contribution is -2.32. The zero-order valence-electron chi connectivity index (χ0n) is 9.93. The van der Waals surface area contributed by atoms with Gasteiger partial charge in [-0.15, -0.1) is 0 Å². The van der Waals surface area contributed by atoms with Crippen LogP contribution >= 0.6 is 0 Å². The first-order valence-electron chi connectivity index (χ1n) is 6.02. The SMILES string of the molecule is O=C(NCC1(c2cccnc2)CC1)c1ccco1. The number of nitrogens with one attached hydrogen (secondary N) is 1. The molecule has 0 atom stereocenters. The molecule has 0 bridgehead atoms. The third-order valence-corrected chi connectivity index (χ3v) is 3.46. The zero-order valence-corrected chi connectivity index (χ0v) is 9.93. The zero-order chi connectivity index (χ0) is 12.4. The van der Waals surface area contributed by atoms with Crippen molar-refractivity contribution >= 4 is 5.91 Å². The Bertz CT molecular complexity index is 530. The van der Waals surface area contributed by atoms with Crippen LogP contribution in [0.25, 0.3) is 0 Å². The normalized spacial score (nSPS) is 16.2. The third-order valence-electron chi connectivity index (χ3n) is 3.46. The fraction of sp³-hybridized carbons (Fsp3) is 0.286. The molecule has 0 aliphatic heterocycles. The van der Waals surface area contributed by atoms with E-state index in [-0.39, 0.29) is 11.3 Å². The number of carbonyl (C=O) groups is 1. The van der Waals surface area contributed by atoms with E-state index in [4.69, 9.17) is 4.42 Å². The Morgan fingerprint density at radius 3 is 2.89 bits per heavy atom. The van der Waals surface area contributed by atoms with E-state index in [1.54, 1.807) is 18.3 Å². The number of rotatable bonds is 4. The molecule has 1 aliphatic carbocycles. The summed E-state index contributed by atoms with van der Waals surface area (Å²) in [6, 6.07) is 7.38. The maximum absolute atomic E-state index is 11.8. The van der Waals surface area contributed by atoms with Gasteiger partial charge in [-0.05, 0) is 36.6 Å². The summed E-state index contributed by atoms with van der Waals surface area (Å²) in [7, 11) is 0. The van der Waals surface area contributed by atoms with E-state index in [1.807, 2.05) is 12.3 Å². The van der Waals surface area contributed by atoms with Crippen LogP contribution in [0.2, 0.25) is 0 Å². The first kappa shape index (κ1) is 11.0. The Morgan fingerprint density at radius 1 is 1.39 bits per heavy atom. The van der Waals surface area contributed by atoms with E-state index in [2.05, 4.69) is 16.4 Å². The lowest BCUT2D eigenvalue weighted by Gasteiger charge is -2.15. The van der Waals surface area contributed by atoms with E-state index in [0.717, 1.165) is 12.8 Å². The molecule has 1 aliphatic rings. The molecule has 0 aromatic carbocycles. The molecule has 2 aromatic heterocycles. The molecule has 3 rings (SSSR count). The fourth-order valence-corrected chi connectivity index (χ4v) is 2.14. The summed E-state index contributed by atoms with van der Waals surface area (Å²) in [6.45, 7) is 0.637.